The quantitative estimate of drug-likeness (QED) is 0.860. The summed E-state index contributed by atoms with van der Waals surface area (Å²) in [6, 6.07) is 5.26. The van der Waals surface area contributed by atoms with Crippen molar-refractivity contribution in [3.63, 3.8) is 0 Å². The molecule has 3 rings (SSSR count). The van der Waals surface area contributed by atoms with E-state index < -0.39 is 10.0 Å². The largest absolute Gasteiger partial charge is 0.325 e. The molecule has 0 spiro atoms. The number of hydrogen-bond donors (Lipinski definition) is 2. The molecule has 1 atom stereocenters. The summed E-state index contributed by atoms with van der Waals surface area (Å²) in [6.07, 6.45) is 2.48. The van der Waals surface area contributed by atoms with Crippen LogP contribution in [-0.2, 0) is 14.8 Å². The van der Waals surface area contributed by atoms with Crippen molar-refractivity contribution in [2.24, 2.45) is 0 Å². The van der Waals surface area contributed by atoms with Crippen LogP contribution in [-0.4, -0.2) is 39.2 Å². The lowest BCUT2D eigenvalue weighted by atomic mass is 10.1. The second-order valence-corrected chi connectivity index (χ2v) is 7.89. The Bertz CT molecular complexity index is 687. The van der Waals surface area contributed by atoms with Gasteiger partial charge in [-0.3, -0.25) is 9.10 Å². The van der Waals surface area contributed by atoms with Gasteiger partial charge in [0.2, 0.25) is 15.9 Å². The van der Waals surface area contributed by atoms with Crippen LogP contribution in [0.5, 0.6) is 0 Å². The van der Waals surface area contributed by atoms with Crippen molar-refractivity contribution < 1.29 is 13.2 Å². The smallest absolute Gasteiger partial charge is 0.241 e. The molecule has 2 aliphatic rings. The Balaban J connectivity index is 0.00000192. The van der Waals surface area contributed by atoms with Gasteiger partial charge in [-0.25, -0.2) is 8.42 Å². The molecule has 0 saturated carbocycles. The SMILES string of the molecule is Cc1ccc(NC(=O)C2CCCN2)cc1N1CCCS1(=O)=O.Cl. The third-order valence-corrected chi connectivity index (χ3v) is 6.08. The Morgan fingerprint density at radius 1 is 1.35 bits per heavy atom. The number of halogens is 1. The van der Waals surface area contributed by atoms with Crippen molar-refractivity contribution in [3.05, 3.63) is 23.8 Å². The minimum Gasteiger partial charge on any atom is -0.325 e. The highest BCUT2D eigenvalue weighted by atomic mass is 35.5. The summed E-state index contributed by atoms with van der Waals surface area (Å²) in [4.78, 5) is 12.2. The number of hydrogen-bond acceptors (Lipinski definition) is 4. The van der Waals surface area contributed by atoms with Crippen LogP contribution in [0, 0.1) is 6.92 Å². The van der Waals surface area contributed by atoms with E-state index in [4.69, 9.17) is 0 Å². The number of amides is 1. The molecule has 6 nitrogen and oxygen atoms in total. The first-order valence-corrected chi connectivity index (χ1v) is 9.23. The van der Waals surface area contributed by atoms with Crippen LogP contribution in [0.25, 0.3) is 0 Å². The molecule has 1 unspecified atom stereocenters. The van der Waals surface area contributed by atoms with Gasteiger partial charge in [0.05, 0.1) is 17.5 Å². The molecule has 2 aliphatic heterocycles. The Labute approximate surface area is 143 Å². The summed E-state index contributed by atoms with van der Waals surface area (Å²) in [7, 11) is -3.22. The molecule has 2 heterocycles. The van der Waals surface area contributed by atoms with E-state index in [0.717, 1.165) is 24.9 Å². The Kier molecular flexibility index (Phi) is 5.54. The normalized spacial score (nSPS) is 22.7. The average molecular weight is 360 g/mol. The molecule has 0 aliphatic carbocycles. The molecule has 1 aromatic carbocycles. The average Bonchev–Trinajstić information content (AvgIpc) is 3.10. The Morgan fingerprint density at radius 3 is 2.74 bits per heavy atom. The van der Waals surface area contributed by atoms with Crippen LogP contribution in [0.1, 0.15) is 24.8 Å². The van der Waals surface area contributed by atoms with E-state index in [1.165, 1.54) is 4.31 Å². The van der Waals surface area contributed by atoms with Gasteiger partial charge in [-0.15, -0.1) is 12.4 Å². The fraction of sp³-hybridized carbons (Fsp3) is 0.533. The predicted octanol–water partition coefficient (Wildman–Crippen LogP) is 1.65. The first-order valence-electron chi connectivity index (χ1n) is 7.63. The number of carbonyl (C=O) groups is 1. The standard InChI is InChI=1S/C15H21N3O3S.ClH/c1-11-5-6-12(17-15(19)13-4-2-7-16-13)10-14(11)18-8-3-9-22(18,20)21;/h5-6,10,13,16H,2-4,7-9H2,1H3,(H,17,19);1H. The van der Waals surface area contributed by atoms with Crippen LogP contribution in [0.4, 0.5) is 11.4 Å². The van der Waals surface area contributed by atoms with Crippen molar-refractivity contribution in [1.29, 1.82) is 0 Å². The Hall–Kier alpha value is -1.31. The van der Waals surface area contributed by atoms with Gasteiger partial charge >= 0.3 is 0 Å². The van der Waals surface area contributed by atoms with E-state index >= 15 is 0 Å². The van der Waals surface area contributed by atoms with Crippen molar-refractivity contribution in [2.45, 2.75) is 32.2 Å². The van der Waals surface area contributed by atoms with Gasteiger partial charge in [-0.05, 0) is 50.4 Å². The number of aryl methyl sites for hydroxylation is 1. The van der Waals surface area contributed by atoms with E-state index in [2.05, 4.69) is 10.6 Å². The summed E-state index contributed by atoms with van der Waals surface area (Å²) >= 11 is 0. The molecule has 2 N–H and O–H groups in total. The zero-order valence-electron chi connectivity index (χ0n) is 13.0. The monoisotopic (exact) mass is 359 g/mol. The molecule has 0 radical (unpaired) electrons. The molecule has 8 heteroatoms. The summed E-state index contributed by atoms with van der Waals surface area (Å²) in [6.45, 7) is 3.25. The van der Waals surface area contributed by atoms with Gasteiger partial charge in [0.15, 0.2) is 0 Å². The molecule has 2 fully saturated rings. The summed E-state index contributed by atoms with van der Waals surface area (Å²) in [5.74, 6) is 0.131. The van der Waals surface area contributed by atoms with Gasteiger partial charge in [-0.1, -0.05) is 6.07 Å². The zero-order valence-corrected chi connectivity index (χ0v) is 14.7. The minimum absolute atomic E-state index is 0. The van der Waals surface area contributed by atoms with Crippen molar-refractivity contribution >= 4 is 39.7 Å². The molecule has 0 aromatic heterocycles. The van der Waals surface area contributed by atoms with Gasteiger partial charge < -0.3 is 10.6 Å². The number of rotatable bonds is 3. The van der Waals surface area contributed by atoms with Gasteiger partial charge in [0.25, 0.3) is 0 Å². The van der Waals surface area contributed by atoms with Gasteiger partial charge in [0.1, 0.15) is 0 Å². The number of carbonyl (C=O) groups excluding carboxylic acids is 1. The van der Waals surface area contributed by atoms with Crippen molar-refractivity contribution in [3.8, 4) is 0 Å². The fourth-order valence-electron chi connectivity index (χ4n) is 3.00. The molecule has 1 aromatic rings. The number of anilines is 2. The molecule has 2 saturated heterocycles. The van der Waals surface area contributed by atoms with E-state index in [-0.39, 0.29) is 30.1 Å². The fourth-order valence-corrected chi connectivity index (χ4v) is 4.62. The summed E-state index contributed by atoms with van der Waals surface area (Å²) < 4.78 is 25.6. The first kappa shape index (κ1) is 18.0. The summed E-state index contributed by atoms with van der Waals surface area (Å²) in [5.41, 5.74) is 2.19. The predicted molar refractivity (Wildman–Crippen MR) is 93.8 cm³/mol. The van der Waals surface area contributed by atoms with Crippen LogP contribution < -0.4 is 14.9 Å². The zero-order chi connectivity index (χ0) is 15.7. The Morgan fingerprint density at radius 2 is 2.13 bits per heavy atom. The lowest BCUT2D eigenvalue weighted by molar-refractivity contribution is -0.117. The van der Waals surface area contributed by atoms with Crippen molar-refractivity contribution in [1.82, 2.24) is 5.32 Å². The van der Waals surface area contributed by atoms with E-state index in [9.17, 15) is 13.2 Å². The third-order valence-electron chi connectivity index (χ3n) is 4.22. The number of benzene rings is 1. The third kappa shape index (κ3) is 3.79. The van der Waals surface area contributed by atoms with Crippen LogP contribution >= 0.6 is 12.4 Å². The van der Waals surface area contributed by atoms with Crippen molar-refractivity contribution in [2.75, 3.05) is 28.5 Å². The molecule has 23 heavy (non-hydrogen) atoms. The maximum absolute atomic E-state index is 12.2. The highest BCUT2D eigenvalue weighted by Gasteiger charge is 2.30. The molecule has 1 amide bonds. The lowest BCUT2D eigenvalue weighted by Gasteiger charge is -2.20. The van der Waals surface area contributed by atoms with Gasteiger partial charge in [-0.2, -0.15) is 0 Å². The molecular formula is C15H22ClN3O3S. The van der Waals surface area contributed by atoms with E-state index in [1.54, 1.807) is 6.07 Å². The van der Waals surface area contributed by atoms with Crippen LogP contribution in [0.2, 0.25) is 0 Å². The summed E-state index contributed by atoms with van der Waals surface area (Å²) in [5, 5.41) is 6.03. The first-order chi connectivity index (χ1) is 10.5. The van der Waals surface area contributed by atoms with Crippen LogP contribution in [0.15, 0.2) is 18.2 Å². The second-order valence-electron chi connectivity index (χ2n) is 5.88. The number of nitrogens with one attached hydrogen (secondary N) is 2. The second kappa shape index (κ2) is 7.07. The lowest BCUT2D eigenvalue weighted by Crippen LogP contribution is -2.35. The highest BCUT2D eigenvalue weighted by Crippen LogP contribution is 2.30. The number of sulfonamides is 1. The molecular weight excluding hydrogens is 338 g/mol. The maximum atomic E-state index is 12.2. The van der Waals surface area contributed by atoms with Crippen LogP contribution in [0.3, 0.4) is 0 Å². The van der Waals surface area contributed by atoms with E-state index in [1.807, 2.05) is 19.1 Å². The number of nitrogens with zero attached hydrogens (tertiary/aromatic N) is 1. The maximum Gasteiger partial charge on any atom is 0.241 e. The molecule has 0 bridgehead atoms. The van der Waals surface area contributed by atoms with E-state index in [0.29, 0.717) is 24.3 Å². The topological polar surface area (TPSA) is 78.5 Å². The van der Waals surface area contributed by atoms with Gasteiger partial charge in [0, 0.05) is 12.2 Å². The highest BCUT2D eigenvalue weighted by molar-refractivity contribution is 7.93. The molecule has 128 valence electrons. The minimum atomic E-state index is -3.22.